The van der Waals surface area contributed by atoms with Gasteiger partial charge in [-0.15, -0.1) is 0 Å². The van der Waals surface area contributed by atoms with Crippen LogP contribution in [0.5, 0.6) is 5.88 Å². The molecule has 0 atom stereocenters. The van der Waals surface area contributed by atoms with Crippen molar-refractivity contribution in [3.63, 3.8) is 0 Å². The molecule has 0 spiro atoms. The highest BCUT2D eigenvalue weighted by atomic mass is 19.1. The summed E-state index contributed by atoms with van der Waals surface area (Å²) in [6, 6.07) is 7.75. The van der Waals surface area contributed by atoms with Crippen molar-refractivity contribution in [2.24, 2.45) is 0 Å². The maximum absolute atomic E-state index is 13.2. The van der Waals surface area contributed by atoms with Gasteiger partial charge in [0.15, 0.2) is 0 Å². The molecule has 0 N–H and O–H groups in total. The van der Waals surface area contributed by atoms with Crippen molar-refractivity contribution in [3.05, 3.63) is 47.8 Å². The van der Waals surface area contributed by atoms with Gasteiger partial charge in [-0.1, -0.05) is 0 Å². The first kappa shape index (κ1) is 13.4. The van der Waals surface area contributed by atoms with Crippen LogP contribution in [-0.2, 0) is 0 Å². The molecule has 5 heteroatoms. The summed E-state index contributed by atoms with van der Waals surface area (Å²) in [7, 11) is 1.59. The number of halogens is 1. The number of rotatable bonds is 2. The zero-order valence-corrected chi connectivity index (χ0v) is 12.0. The third-order valence-electron chi connectivity index (χ3n) is 3.35. The van der Waals surface area contributed by atoms with E-state index in [1.54, 1.807) is 7.11 Å². The van der Waals surface area contributed by atoms with E-state index in [0.717, 1.165) is 27.8 Å². The van der Waals surface area contributed by atoms with Crippen molar-refractivity contribution >= 4 is 10.9 Å². The highest BCUT2D eigenvalue weighted by Crippen LogP contribution is 2.31. The Bertz CT molecular complexity index is 833. The lowest BCUT2D eigenvalue weighted by atomic mass is 10.0. The summed E-state index contributed by atoms with van der Waals surface area (Å²) in [4.78, 5) is 11.8. The third kappa shape index (κ3) is 2.42. The molecule has 0 bridgehead atoms. The van der Waals surface area contributed by atoms with Crippen LogP contribution >= 0.6 is 0 Å². The average molecular weight is 283 g/mol. The predicted molar refractivity (Wildman–Crippen MR) is 78.8 cm³/mol. The van der Waals surface area contributed by atoms with Gasteiger partial charge in [0, 0.05) is 22.8 Å². The van der Waals surface area contributed by atoms with Crippen LogP contribution in [0.25, 0.3) is 22.0 Å². The lowest BCUT2D eigenvalue weighted by Gasteiger charge is -2.10. The molecule has 0 fully saturated rings. The van der Waals surface area contributed by atoms with Crippen molar-refractivity contribution in [1.82, 2.24) is 15.0 Å². The van der Waals surface area contributed by atoms with Gasteiger partial charge >= 0.3 is 6.08 Å². The molecule has 0 aliphatic rings. The summed E-state index contributed by atoms with van der Waals surface area (Å²) < 4.78 is 18.5. The number of fused-ring (bicyclic) bond motifs is 1. The van der Waals surface area contributed by atoms with Crippen molar-refractivity contribution in [2.45, 2.75) is 13.8 Å². The molecule has 0 radical (unpaired) electrons. The van der Waals surface area contributed by atoms with Gasteiger partial charge in [-0.25, -0.2) is 15.0 Å². The monoisotopic (exact) mass is 283 g/mol. The van der Waals surface area contributed by atoms with E-state index in [4.69, 9.17) is 4.74 Å². The van der Waals surface area contributed by atoms with Gasteiger partial charge in [-0.3, -0.25) is 0 Å². The van der Waals surface area contributed by atoms with E-state index in [2.05, 4.69) is 15.0 Å². The Hall–Kier alpha value is -2.56. The topological polar surface area (TPSA) is 47.9 Å². The minimum absolute atomic E-state index is 0.566. The maximum Gasteiger partial charge on any atom is 0.309 e. The second-order valence-corrected chi connectivity index (χ2v) is 4.88. The molecule has 2 aromatic heterocycles. The Balaban J connectivity index is 2.24. The van der Waals surface area contributed by atoms with Crippen LogP contribution in [0.2, 0.25) is 0 Å². The molecule has 0 aliphatic carbocycles. The summed E-state index contributed by atoms with van der Waals surface area (Å²) >= 11 is 0. The highest BCUT2D eigenvalue weighted by Gasteiger charge is 2.11. The summed E-state index contributed by atoms with van der Waals surface area (Å²) in [5.74, 6) is 0.566. The smallest absolute Gasteiger partial charge is 0.309 e. The summed E-state index contributed by atoms with van der Waals surface area (Å²) in [5, 5.41) is 0.786. The minimum Gasteiger partial charge on any atom is -0.481 e. The Kier molecular flexibility index (Phi) is 3.25. The zero-order chi connectivity index (χ0) is 15.0. The summed E-state index contributed by atoms with van der Waals surface area (Å²) in [6.45, 7) is 3.81. The average Bonchev–Trinajstić information content (AvgIpc) is 2.47. The second-order valence-electron chi connectivity index (χ2n) is 4.88. The number of aromatic nitrogens is 3. The van der Waals surface area contributed by atoms with E-state index < -0.39 is 6.08 Å². The molecule has 106 valence electrons. The molecule has 0 aliphatic heterocycles. The molecular weight excluding hydrogens is 269 g/mol. The first-order valence-electron chi connectivity index (χ1n) is 6.53. The Labute approximate surface area is 121 Å². The molecule has 21 heavy (non-hydrogen) atoms. The minimum atomic E-state index is -0.715. The lowest BCUT2D eigenvalue weighted by molar-refractivity contribution is 0.399. The number of pyridine rings is 1. The van der Waals surface area contributed by atoms with Gasteiger partial charge in [0.25, 0.3) is 0 Å². The fourth-order valence-electron chi connectivity index (χ4n) is 2.37. The molecule has 2 heterocycles. The lowest BCUT2D eigenvalue weighted by Crippen LogP contribution is -1.95. The number of benzene rings is 1. The molecule has 0 saturated heterocycles. The molecule has 0 unspecified atom stereocenters. The molecular formula is C16H14FN3O. The molecule has 0 saturated carbocycles. The van der Waals surface area contributed by atoms with Gasteiger partial charge < -0.3 is 4.74 Å². The zero-order valence-electron chi connectivity index (χ0n) is 12.0. The third-order valence-corrected chi connectivity index (χ3v) is 3.35. The fraction of sp³-hybridized carbons (Fsp3) is 0.188. The van der Waals surface area contributed by atoms with Crippen LogP contribution in [0.4, 0.5) is 4.39 Å². The van der Waals surface area contributed by atoms with Crippen molar-refractivity contribution in [2.75, 3.05) is 7.11 Å². The standard InChI is InChI=1S/C16H14FN3O/c1-9-6-11(7-12-8-18-16(17)20-14(9)12)13-5-4-10(2)19-15(13)21-3/h4-8H,1-3H3. The predicted octanol–water partition coefficient (Wildman–Crippen LogP) is 3.46. The summed E-state index contributed by atoms with van der Waals surface area (Å²) in [6.07, 6.45) is 0.773. The second kappa shape index (κ2) is 5.09. The maximum atomic E-state index is 13.2. The van der Waals surface area contributed by atoms with Crippen molar-refractivity contribution in [3.8, 4) is 17.0 Å². The number of nitrogens with zero attached hydrogens (tertiary/aromatic N) is 3. The van der Waals surface area contributed by atoms with Crippen molar-refractivity contribution in [1.29, 1.82) is 0 Å². The number of aryl methyl sites for hydroxylation is 2. The van der Waals surface area contributed by atoms with Crippen LogP contribution in [0.15, 0.2) is 30.5 Å². The quantitative estimate of drug-likeness (QED) is 0.676. The van der Waals surface area contributed by atoms with Crippen LogP contribution in [0.1, 0.15) is 11.3 Å². The number of ether oxygens (including phenoxy) is 1. The van der Waals surface area contributed by atoms with E-state index in [0.29, 0.717) is 11.4 Å². The van der Waals surface area contributed by atoms with E-state index in [-0.39, 0.29) is 0 Å². The van der Waals surface area contributed by atoms with Gasteiger partial charge in [0.1, 0.15) is 0 Å². The molecule has 4 nitrogen and oxygen atoms in total. The number of hydrogen-bond acceptors (Lipinski definition) is 4. The first-order chi connectivity index (χ1) is 10.1. The van der Waals surface area contributed by atoms with Crippen LogP contribution in [-0.4, -0.2) is 22.1 Å². The highest BCUT2D eigenvalue weighted by molar-refractivity contribution is 5.87. The Morgan fingerprint density at radius 2 is 1.90 bits per heavy atom. The Morgan fingerprint density at radius 3 is 2.67 bits per heavy atom. The van der Waals surface area contributed by atoms with Gasteiger partial charge in [0.05, 0.1) is 12.6 Å². The largest absolute Gasteiger partial charge is 0.481 e. The number of hydrogen-bond donors (Lipinski definition) is 0. The van der Waals surface area contributed by atoms with Gasteiger partial charge in [-0.05, 0) is 49.2 Å². The van der Waals surface area contributed by atoms with E-state index in [9.17, 15) is 4.39 Å². The van der Waals surface area contributed by atoms with Crippen LogP contribution < -0.4 is 4.74 Å². The number of methoxy groups -OCH3 is 1. The fourth-order valence-corrected chi connectivity index (χ4v) is 2.37. The normalized spacial score (nSPS) is 10.9. The Morgan fingerprint density at radius 1 is 1.10 bits per heavy atom. The first-order valence-corrected chi connectivity index (χ1v) is 6.53. The molecule has 3 aromatic rings. The molecule has 1 aromatic carbocycles. The van der Waals surface area contributed by atoms with E-state index in [1.807, 2.05) is 38.1 Å². The van der Waals surface area contributed by atoms with Gasteiger partial charge in [0.2, 0.25) is 5.88 Å². The van der Waals surface area contributed by atoms with Gasteiger partial charge in [-0.2, -0.15) is 4.39 Å². The van der Waals surface area contributed by atoms with E-state index in [1.165, 1.54) is 6.20 Å². The van der Waals surface area contributed by atoms with Crippen LogP contribution in [0.3, 0.4) is 0 Å². The molecule has 3 rings (SSSR count). The van der Waals surface area contributed by atoms with Crippen LogP contribution in [0, 0.1) is 19.9 Å². The SMILES string of the molecule is COc1nc(C)ccc1-c1cc(C)c2nc(F)ncc2c1. The van der Waals surface area contributed by atoms with Crippen molar-refractivity contribution < 1.29 is 9.13 Å². The molecule has 0 amide bonds. The van der Waals surface area contributed by atoms with E-state index >= 15 is 0 Å². The summed E-state index contributed by atoms with van der Waals surface area (Å²) in [5.41, 5.74) is 4.22.